The van der Waals surface area contributed by atoms with Crippen molar-refractivity contribution < 1.29 is 14.0 Å². The van der Waals surface area contributed by atoms with E-state index in [0.717, 1.165) is 17.7 Å². The van der Waals surface area contributed by atoms with Crippen LogP contribution in [0.5, 0.6) is 0 Å². The Labute approximate surface area is 172 Å². The molecule has 6 heteroatoms. The van der Waals surface area contributed by atoms with E-state index in [0.29, 0.717) is 23.4 Å². The quantitative estimate of drug-likeness (QED) is 0.768. The Hall–Kier alpha value is -3.67. The van der Waals surface area contributed by atoms with Gasteiger partial charge in [0.1, 0.15) is 11.5 Å². The van der Waals surface area contributed by atoms with Crippen LogP contribution in [0.4, 0.5) is 10.1 Å². The first-order valence-corrected chi connectivity index (χ1v) is 9.83. The summed E-state index contributed by atoms with van der Waals surface area (Å²) in [5.74, 6) is -1.43. The van der Waals surface area contributed by atoms with Gasteiger partial charge in [0, 0.05) is 17.8 Å². The molecule has 148 valence electrons. The van der Waals surface area contributed by atoms with Gasteiger partial charge in [-0.05, 0) is 41.3 Å². The monoisotopic (exact) mass is 399 g/mol. The summed E-state index contributed by atoms with van der Waals surface area (Å²) in [7, 11) is 0. The Kier molecular flexibility index (Phi) is 4.47. The van der Waals surface area contributed by atoms with Crippen molar-refractivity contribution in [1.82, 2.24) is 0 Å². The van der Waals surface area contributed by atoms with Crippen molar-refractivity contribution >= 4 is 23.2 Å². The minimum Gasteiger partial charge on any atom is -0.312 e. The molecular weight excluding hydrogens is 381 g/mol. The molecule has 0 N–H and O–H groups in total. The van der Waals surface area contributed by atoms with Crippen molar-refractivity contribution in [2.75, 3.05) is 11.4 Å². The van der Waals surface area contributed by atoms with E-state index in [2.05, 4.69) is 10.2 Å². The first-order valence-electron chi connectivity index (χ1n) is 9.83. The summed E-state index contributed by atoms with van der Waals surface area (Å²) in [6, 6.07) is 12.6. The molecule has 0 saturated carbocycles. The van der Waals surface area contributed by atoms with Crippen LogP contribution in [-0.4, -0.2) is 18.4 Å². The van der Waals surface area contributed by atoms with Gasteiger partial charge in [-0.3, -0.25) is 9.59 Å². The molecule has 1 unspecified atom stereocenters. The van der Waals surface area contributed by atoms with Crippen LogP contribution in [0.1, 0.15) is 16.7 Å². The van der Waals surface area contributed by atoms with Crippen LogP contribution < -0.4 is 4.90 Å². The van der Waals surface area contributed by atoms with Crippen LogP contribution in [0.25, 0.3) is 5.70 Å². The number of halogens is 1. The van der Waals surface area contributed by atoms with Gasteiger partial charge in [-0.1, -0.05) is 48.6 Å². The van der Waals surface area contributed by atoms with Gasteiger partial charge in [0.05, 0.1) is 12.3 Å². The van der Waals surface area contributed by atoms with E-state index in [1.807, 2.05) is 24.3 Å². The summed E-state index contributed by atoms with van der Waals surface area (Å²) in [4.78, 5) is 26.5. The summed E-state index contributed by atoms with van der Waals surface area (Å²) in [6.07, 6.45) is 8.00. The number of hydrogen-bond donors (Lipinski definition) is 0. The summed E-state index contributed by atoms with van der Waals surface area (Å²) >= 11 is 0. The first-order chi connectivity index (χ1) is 14.6. The molecule has 5 nitrogen and oxygen atoms in total. The van der Waals surface area contributed by atoms with E-state index < -0.39 is 11.7 Å². The van der Waals surface area contributed by atoms with E-state index in [9.17, 15) is 14.0 Å². The number of fused-ring (bicyclic) bond motifs is 2. The smallest absolute Gasteiger partial charge is 0.276 e. The lowest BCUT2D eigenvalue weighted by atomic mass is 9.89. The second kappa shape index (κ2) is 7.30. The fraction of sp³-hybridized carbons (Fsp3) is 0.167. The van der Waals surface area contributed by atoms with Gasteiger partial charge in [0.25, 0.3) is 5.91 Å². The predicted molar refractivity (Wildman–Crippen MR) is 111 cm³/mol. The summed E-state index contributed by atoms with van der Waals surface area (Å²) in [6.45, 7) is 0.643. The fourth-order valence-electron chi connectivity index (χ4n) is 4.14. The number of nitrogens with zero attached hydrogens (tertiary/aromatic N) is 3. The summed E-state index contributed by atoms with van der Waals surface area (Å²) < 4.78 is 15.0. The van der Waals surface area contributed by atoms with Crippen molar-refractivity contribution in [2.24, 2.45) is 16.1 Å². The number of carbonyl (C=O) groups excluding carboxylic acids is 2. The highest BCUT2D eigenvalue weighted by Gasteiger charge is 2.29. The summed E-state index contributed by atoms with van der Waals surface area (Å²) in [5, 5.41) is 7.63. The Bertz CT molecular complexity index is 1190. The Balaban J connectivity index is 1.40. The van der Waals surface area contributed by atoms with E-state index in [1.165, 1.54) is 6.07 Å². The molecule has 0 saturated heterocycles. The van der Waals surface area contributed by atoms with Gasteiger partial charge in [0.2, 0.25) is 5.91 Å². The Morgan fingerprint density at radius 1 is 1.13 bits per heavy atom. The lowest BCUT2D eigenvalue weighted by molar-refractivity contribution is -0.120. The molecule has 2 heterocycles. The van der Waals surface area contributed by atoms with Crippen molar-refractivity contribution in [3.05, 3.63) is 94.8 Å². The highest BCUT2D eigenvalue weighted by atomic mass is 19.1. The fourth-order valence-corrected chi connectivity index (χ4v) is 4.14. The minimum atomic E-state index is -0.529. The molecular formula is C24H18FN3O2. The number of allylic oxidation sites excluding steroid dienone is 3. The number of rotatable bonds is 3. The van der Waals surface area contributed by atoms with Gasteiger partial charge < -0.3 is 4.90 Å². The van der Waals surface area contributed by atoms with Crippen LogP contribution in [-0.2, 0) is 22.4 Å². The zero-order chi connectivity index (χ0) is 20.7. The Morgan fingerprint density at radius 2 is 2.00 bits per heavy atom. The molecule has 2 amide bonds. The third kappa shape index (κ3) is 3.10. The number of benzene rings is 2. The maximum atomic E-state index is 15.0. The molecule has 0 aromatic heterocycles. The molecule has 0 radical (unpaired) electrons. The van der Waals surface area contributed by atoms with Gasteiger partial charge in [0.15, 0.2) is 0 Å². The van der Waals surface area contributed by atoms with Crippen molar-refractivity contribution in [1.29, 1.82) is 0 Å². The van der Waals surface area contributed by atoms with Crippen molar-refractivity contribution in [3.8, 4) is 0 Å². The molecule has 3 aliphatic rings. The second-order valence-corrected chi connectivity index (χ2v) is 7.48. The van der Waals surface area contributed by atoms with E-state index in [1.54, 1.807) is 41.3 Å². The summed E-state index contributed by atoms with van der Waals surface area (Å²) in [5.41, 5.74) is 3.94. The second-order valence-electron chi connectivity index (χ2n) is 7.48. The lowest BCUT2D eigenvalue weighted by Gasteiger charge is -2.20. The zero-order valence-electron chi connectivity index (χ0n) is 16.1. The average Bonchev–Trinajstić information content (AvgIpc) is 3.19. The van der Waals surface area contributed by atoms with Gasteiger partial charge in [-0.25, -0.2) is 4.39 Å². The topological polar surface area (TPSA) is 62.1 Å². The van der Waals surface area contributed by atoms with Crippen LogP contribution in [0, 0.1) is 11.7 Å². The molecule has 2 aliphatic heterocycles. The molecule has 1 aliphatic carbocycles. The van der Waals surface area contributed by atoms with Crippen LogP contribution in [0.15, 0.2) is 82.6 Å². The average molecular weight is 399 g/mol. The van der Waals surface area contributed by atoms with Gasteiger partial charge in [-0.15, -0.1) is 10.2 Å². The maximum absolute atomic E-state index is 15.0. The molecule has 30 heavy (non-hydrogen) atoms. The number of hydrogen-bond acceptors (Lipinski definition) is 3. The van der Waals surface area contributed by atoms with Gasteiger partial charge in [-0.2, -0.15) is 0 Å². The number of azo groups is 1. The third-order valence-electron chi connectivity index (χ3n) is 5.65. The highest BCUT2D eigenvalue weighted by Crippen LogP contribution is 2.35. The molecule has 1 atom stereocenters. The standard InChI is InChI=1S/C24H18FN3O2/c25-20-13-15(14-22(29)28-12-11-16-5-1-4-8-21(16)28)9-10-19(20)23-17-6-2-3-7-18(17)24(30)27-26-23/h1-10,13,18H,11-12,14H2. The number of para-hydroxylation sites is 1. The first kappa shape index (κ1) is 18.4. The molecule has 5 rings (SSSR count). The van der Waals surface area contributed by atoms with E-state index in [4.69, 9.17) is 0 Å². The number of amides is 2. The highest BCUT2D eigenvalue weighted by molar-refractivity contribution is 5.97. The van der Waals surface area contributed by atoms with E-state index in [-0.39, 0.29) is 23.8 Å². The maximum Gasteiger partial charge on any atom is 0.276 e. The third-order valence-corrected chi connectivity index (χ3v) is 5.65. The molecule has 0 bridgehead atoms. The molecule has 0 spiro atoms. The lowest BCUT2D eigenvalue weighted by Crippen LogP contribution is -2.30. The predicted octanol–water partition coefficient (Wildman–Crippen LogP) is 4.40. The largest absolute Gasteiger partial charge is 0.312 e. The normalized spacial score (nSPS) is 19.3. The van der Waals surface area contributed by atoms with Gasteiger partial charge >= 0.3 is 0 Å². The zero-order valence-corrected chi connectivity index (χ0v) is 16.1. The van der Waals surface area contributed by atoms with Crippen molar-refractivity contribution in [2.45, 2.75) is 12.8 Å². The molecule has 2 aromatic carbocycles. The van der Waals surface area contributed by atoms with Crippen LogP contribution in [0.3, 0.4) is 0 Å². The number of anilines is 1. The number of carbonyl (C=O) groups is 2. The van der Waals surface area contributed by atoms with Crippen LogP contribution in [0.2, 0.25) is 0 Å². The SMILES string of the molecule is O=C1N=NC(c2ccc(CC(=O)N3CCc4ccccc43)cc2F)=C2C=CC=CC12. The minimum absolute atomic E-state index is 0.0579. The van der Waals surface area contributed by atoms with Crippen molar-refractivity contribution in [3.63, 3.8) is 0 Å². The molecule has 2 aromatic rings. The molecule has 0 fully saturated rings. The van der Waals surface area contributed by atoms with E-state index >= 15 is 0 Å². The van der Waals surface area contributed by atoms with Crippen LogP contribution >= 0.6 is 0 Å². The Morgan fingerprint density at radius 3 is 2.87 bits per heavy atom.